The molecule has 2 aromatic rings. The molecule has 18 heavy (non-hydrogen) atoms. The molecule has 0 radical (unpaired) electrons. The SMILES string of the molecule is CCCCC[C@@H]1C[C@H]1c1cccc2ccccc12. The molecule has 1 fully saturated rings. The quantitative estimate of drug-likeness (QED) is 0.601. The van der Waals surface area contributed by atoms with Gasteiger partial charge in [0, 0.05) is 0 Å². The molecule has 2 aromatic carbocycles. The van der Waals surface area contributed by atoms with E-state index in [0.29, 0.717) is 0 Å². The maximum atomic E-state index is 2.34. The van der Waals surface area contributed by atoms with Gasteiger partial charge in [-0.05, 0) is 41.0 Å². The van der Waals surface area contributed by atoms with Crippen molar-refractivity contribution >= 4 is 10.8 Å². The average molecular weight is 238 g/mol. The third-order valence-electron chi connectivity index (χ3n) is 4.32. The van der Waals surface area contributed by atoms with Crippen molar-refractivity contribution in [2.75, 3.05) is 0 Å². The third-order valence-corrected chi connectivity index (χ3v) is 4.32. The Balaban J connectivity index is 1.76. The Labute approximate surface area is 110 Å². The first kappa shape index (κ1) is 11.8. The normalized spacial score (nSPS) is 22.3. The number of unbranched alkanes of at least 4 members (excludes halogenated alkanes) is 2. The maximum Gasteiger partial charge on any atom is -0.0124 e. The minimum Gasteiger partial charge on any atom is -0.0654 e. The first-order valence-electron chi connectivity index (χ1n) is 7.38. The Hall–Kier alpha value is -1.30. The summed E-state index contributed by atoms with van der Waals surface area (Å²) in [6, 6.07) is 15.6. The molecule has 0 spiro atoms. The Morgan fingerprint density at radius 2 is 1.83 bits per heavy atom. The van der Waals surface area contributed by atoms with E-state index in [2.05, 4.69) is 49.4 Å². The van der Waals surface area contributed by atoms with Crippen LogP contribution in [0.1, 0.15) is 50.5 Å². The van der Waals surface area contributed by atoms with Crippen LogP contribution in [0.5, 0.6) is 0 Å². The molecule has 3 rings (SSSR count). The van der Waals surface area contributed by atoms with E-state index >= 15 is 0 Å². The molecule has 0 N–H and O–H groups in total. The summed E-state index contributed by atoms with van der Waals surface area (Å²) in [5.41, 5.74) is 1.59. The van der Waals surface area contributed by atoms with Gasteiger partial charge in [0.1, 0.15) is 0 Å². The van der Waals surface area contributed by atoms with E-state index < -0.39 is 0 Å². The molecule has 0 saturated heterocycles. The lowest BCUT2D eigenvalue weighted by atomic mass is 9.99. The van der Waals surface area contributed by atoms with Crippen LogP contribution in [0, 0.1) is 5.92 Å². The Morgan fingerprint density at radius 3 is 2.72 bits per heavy atom. The summed E-state index contributed by atoms with van der Waals surface area (Å²) in [5, 5.41) is 2.87. The van der Waals surface area contributed by atoms with E-state index in [-0.39, 0.29) is 0 Å². The van der Waals surface area contributed by atoms with Crippen molar-refractivity contribution in [1.82, 2.24) is 0 Å². The van der Waals surface area contributed by atoms with Gasteiger partial charge in [-0.25, -0.2) is 0 Å². The van der Waals surface area contributed by atoms with Gasteiger partial charge in [-0.3, -0.25) is 0 Å². The van der Waals surface area contributed by atoms with E-state index in [1.807, 2.05) is 0 Å². The summed E-state index contributed by atoms with van der Waals surface area (Å²) in [6.45, 7) is 2.29. The van der Waals surface area contributed by atoms with Gasteiger partial charge in [0.2, 0.25) is 0 Å². The molecule has 1 aliphatic rings. The second-order valence-electron chi connectivity index (χ2n) is 5.67. The minimum absolute atomic E-state index is 0.841. The highest BCUT2D eigenvalue weighted by molar-refractivity contribution is 5.86. The fourth-order valence-corrected chi connectivity index (χ4v) is 3.18. The van der Waals surface area contributed by atoms with Gasteiger partial charge in [0.15, 0.2) is 0 Å². The van der Waals surface area contributed by atoms with Crippen LogP contribution in [0.3, 0.4) is 0 Å². The second-order valence-corrected chi connectivity index (χ2v) is 5.67. The number of benzene rings is 2. The van der Waals surface area contributed by atoms with Crippen LogP contribution >= 0.6 is 0 Å². The van der Waals surface area contributed by atoms with E-state index in [0.717, 1.165) is 11.8 Å². The number of hydrogen-bond acceptors (Lipinski definition) is 0. The zero-order valence-corrected chi connectivity index (χ0v) is 11.2. The smallest absolute Gasteiger partial charge is 0.0124 e. The lowest BCUT2D eigenvalue weighted by molar-refractivity contribution is 0.610. The predicted octanol–water partition coefficient (Wildman–Crippen LogP) is 5.52. The van der Waals surface area contributed by atoms with Gasteiger partial charge >= 0.3 is 0 Å². The molecular formula is C18H22. The monoisotopic (exact) mass is 238 g/mol. The fourth-order valence-electron chi connectivity index (χ4n) is 3.18. The molecule has 1 saturated carbocycles. The topological polar surface area (TPSA) is 0 Å². The van der Waals surface area contributed by atoms with Gasteiger partial charge in [0.25, 0.3) is 0 Å². The molecule has 94 valence electrons. The van der Waals surface area contributed by atoms with Gasteiger partial charge in [-0.15, -0.1) is 0 Å². The van der Waals surface area contributed by atoms with Crippen LogP contribution in [-0.2, 0) is 0 Å². The molecule has 0 heteroatoms. The summed E-state index contributed by atoms with van der Waals surface area (Å²) in [4.78, 5) is 0. The van der Waals surface area contributed by atoms with E-state index in [4.69, 9.17) is 0 Å². The Kier molecular flexibility index (Phi) is 3.36. The van der Waals surface area contributed by atoms with Crippen molar-refractivity contribution < 1.29 is 0 Å². The first-order valence-corrected chi connectivity index (χ1v) is 7.38. The molecule has 0 amide bonds. The number of fused-ring (bicyclic) bond motifs is 1. The van der Waals surface area contributed by atoms with Crippen molar-refractivity contribution in [1.29, 1.82) is 0 Å². The first-order chi connectivity index (χ1) is 8.90. The van der Waals surface area contributed by atoms with Crippen LogP contribution in [-0.4, -0.2) is 0 Å². The summed E-state index contributed by atoms with van der Waals surface area (Å²) in [7, 11) is 0. The number of hydrogen-bond donors (Lipinski definition) is 0. The Morgan fingerprint density at radius 1 is 1.00 bits per heavy atom. The minimum atomic E-state index is 0.841. The molecule has 0 aromatic heterocycles. The highest BCUT2D eigenvalue weighted by atomic mass is 14.4. The van der Waals surface area contributed by atoms with Gasteiger partial charge in [-0.2, -0.15) is 0 Å². The lowest BCUT2D eigenvalue weighted by Crippen LogP contribution is -1.87. The van der Waals surface area contributed by atoms with Gasteiger partial charge < -0.3 is 0 Å². The summed E-state index contributed by atoms with van der Waals surface area (Å²) < 4.78 is 0. The average Bonchev–Trinajstić information content (AvgIpc) is 3.18. The summed E-state index contributed by atoms with van der Waals surface area (Å²) >= 11 is 0. The van der Waals surface area contributed by atoms with Crippen molar-refractivity contribution in [3.05, 3.63) is 48.0 Å². The van der Waals surface area contributed by atoms with Gasteiger partial charge in [0.05, 0.1) is 0 Å². The van der Waals surface area contributed by atoms with Crippen LogP contribution in [0.4, 0.5) is 0 Å². The van der Waals surface area contributed by atoms with Crippen LogP contribution in [0.25, 0.3) is 10.8 Å². The molecule has 0 unspecified atom stereocenters. The fraction of sp³-hybridized carbons (Fsp3) is 0.444. The van der Waals surface area contributed by atoms with Crippen molar-refractivity contribution in [3.8, 4) is 0 Å². The Bertz CT molecular complexity index is 521. The molecule has 0 nitrogen and oxygen atoms in total. The van der Waals surface area contributed by atoms with Crippen LogP contribution in [0.2, 0.25) is 0 Å². The molecule has 0 heterocycles. The zero-order valence-electron chi connectivity index (χ0n) is 11.2. The molecule has 2 atom stereocenters. The lowest BCUT2D eigenvalue weighted by Gasteiger charge is -2.06. The zero-order chi connectivity index (χ0) is 12.4. The maximum absolute atomic E-state index is 2.34. The van der Waals surface area contributed by atoms with Gasteiger partial charge in [-0.1, -0.05) is 68.7 Å². The predicted molar refractivity (Wildman–Crippen MR) is 78.9 cm³/mol. The van der Waals surface area contributed by atoms with E-state index in [1.165, 1.54) is 42.9 Å². The molecular weight excluding hydrogens is 216 g/mol. The van der Waals surface area contributed by atoms with Crippen molar-refractivity contribution in [3.63, 3.8) is 0 Å². The van der Waals surface area contributed by atoms with Crippen LogP contribution in [0.15, 0.2) is 42.5 Å². The van der Waals surface area contributed by atoms with E-state index in [9.17, 15) is 0 Å². The second kappa shape index (κ2) is 5.14. The third kappa shape index (κ3) is 2.29. The van der Waals surface area contributed by atoms with Crippen molar-refractivity contribution in [2.45, 2.75) is 44.9 Å². The number of rotatable bonds is 5. The van der Waals surface area contributed by atoms with Crippen molar-refractivity contribution in [2.24, 2.45) is 5.92 Å². The van der Waals surface area contributed by atoms with E-state index in [1.54, 1.807) is 5.56 Å². The molecule has 1 aliphatic carbocycles. The summed E-state index contributed by atoms with van der Waals surface area (Å²) in [6.07, 6.45) is 7.01. The summed E-state index contributed by atoms with van der Waals surface area (Å²) in [5.74, 6) is 1.80. The molecule has 0 bridgehead atoms. The standard InChI is InChI=1S/C18H22/c1-2-3-4-9-15-13-18(15)17-12-7-10-14-8-5-6-11-16(14)17/h5-8,10-12,15,18H,2-4,9,13H2,1H3/t15-,18-/m1/s1. The van der Waals surface area contributed by atoms with Crippen LogP contribution < -0.4 is 0 Å². The highest BCUT2D eigenvalue weighted by Crippen LogP contribution is 2.51. The molecule has 0 aliphatic heterocycles. The largest absolute Gasteiger partial charge is 0.0654 e. The highest BCUT2D eigenvalue weighted by Gasteiger charge is 2.37.